The molecule has 3 nitrogen and oxygen atoms in total. The summed E-state index contributed by atoms with van der Waals surface area (Å²) in [5.41, 5.74) is 2.61. The fourth-order valence-electron chi connectivity index (χ4n) is 2.58. The van der Waals surface area contributed by atoms with Crippen LogP contribution in [0.25, 0.3) is 0 Å². The van der Waals surface area contributed by atoms with Crippen LogP contribution in [0.15, 0.2) is 6.20 Å². The van der Waals surface area contributed by atoms with Crippen LogP contribution in [-0.2, 0) is 12.8 Å². The van der Waals surface area contributed by atoms with Gasteiger partial charge in [-0.05, 0) is 38.1 Å². The van der Waals surface area contributed by atoms with E-state index in [1.54, 1.807) is 0 Å². The lowest BCUT2D eigenvalue weighted by atomic mass is 9.92. The van der Waals surface area contributed by atoms with Crippen molar-refractivity contribution in [2.75, 3.05) is 6.54 Å². The standard InChI is InChI=1S/C15H25N3/c1-4-16-13-6-5-7-14-12(13)10-17-15(18-14)9-8-11(2)3/h10-11,13,16H,4-9H2,1-3H3. The molecule has 1 N–H and O–H groups in total. The van der Waals surface area contributed by atoms with Crippen molar-refractivity contribution in [3.8, 4) is 0 Å². The molecule has 2 rings (SSSR count). The maximum atomic E-state index is 4.77. The van der Waals surface area contributed by atoms with Crippen molar-refractivity contribution in [3.63, 3.8) is 0 Å². The minimum Gasteiger partial charge on any atom is -0.310 e. The maximum absolute atomic E-state index is 4.77. The van der Waals surface area contributed by atoms with Crippen molar-refractivity contribution in [1.29, 1.82) is 0 Å². The van der Waals surface area contributed by atoms with Crippen molar-refractivity contribution in [2.24, 2.45) is 5.92 Å². The van der Waals surface area contributed by atoms with Gasteiger partial charge in [-0.1, -0.05) is 20.8 Å². The van der Waals surface area contributed by atoms with Crippen molar-refractivity contribution < 1.29 is 0 Å². The van der Waals surface area contributed by atoms with E-state index in [1.807, 2.05) is 0 Å². The Labute approximate surface area is 110 Å². The molecule has 1 aromatic rings. The van der Waals surface area contributed by atoms with E-state index in [1.165, 1.54) is 30.5 Å². The molecule has 0 spiro atoms. The monoisotopic (exact) mass is 247 g/mol. The fraction of sp³-hybridized carbons (Fsp3) is 0.733. The van der Waals surface area contributed by atoms with Gasteiger partial charge >= 0.3 is 0 Å². The van der Waals surface area contributed by atoms with Crippen LogP contribution in [0.5, 0.6) is 0 Å². The molecule has 3 heteroatoms. The van der Waals surface area contributed by atoms with E-state index < -0.39 is 0 Å². The summed E-state index contributed by atoms with van der Waals surface area (Å²) in [6.45, 7) is 7.67. The van der Waals surface area contributed by atoms with Crippen LogP contribution in [0.3, 0.4) is 0 Å². The van der Waals surface area contributed by atoms with E-state index in [0.717, 1.165) is 31.1 Å². The van der Waals surface area contributed by atoms with Gasteiger partial charge in [0.2, 0.25) is 0 Å². The maximum Gasteiger partial charge on any atom is 0.128 e. The zero-order valence-electron chi connectivity index (χ0n) is 11.9. The van der Waals surface area contributed by atoms with E-state index in [9.17, 15) is 0 Å². The molecule has 1 aliphatic rings. The molecule has 18 heavy (non-hydrogen) atoms. The van der Waals surface area contributed by atoms with Gasteiger partial charge in [0.25, 0.3) is 0 Å². The number of hydrogen-bond acceptors (Lipinski definition) is 3. The molecule has 0 saturated carbocycles. The molecular formula is C15H25N3. The summed E-state index contributed by atoms with van der Waals surface area (Å²) in [6.07, 6.45) is 7.83. The topological polar surface area (TPSA) is 37.8 Å². The number of aryl methyl sites for hydroxylation is 2. The van der Waals surface area contributed by atoms with E-state index >= 15 is 0 Å². The third kappa shape index (κ3) is 3.29. The molecule has 0 aromatic carbocycles. The summed E-state index contributed by atoms with van der Waals surface area (Å²) in [6, 6.07) is 0.470. The lowest BCUT2D eigenvalue weighted by Crippen LogP contribution is -2.26. The van der Waals surface area contributed by atoms with Crippen molar-refractivity contribution in [1.82, 2.24) is 15.3 Å². The Bertz CT molecular complexity index is 387. The van der Waals surface area contributed by atoms with Crippen LogP contribution < -0.4 is 5.32 Å². The Balaban J connectivity index is 2.11. The van der Waals surface area contributed by atoms with Gasteiger partial charge in [0.15, 0.2) is 0 Å². The molecule has 0 saturated heterocycles. The van der Waals surface area contributed by atoms with Gasteiger partial charge in [0.1, 0.15) is 5.82 Å². The van der Waals surface area contributed by atoms with Crippen molar-refractivity contribution >= 4 is 0 Å². The quantitative estimate of drug-likeness (QED) is 0.869. The Morgan fingerprint density at radius 2 is 2.28 bits per heavy atom. The minimum absolute atomic E-state index is 0.470. The van der Waals surface area contributed by atoms with E-state index in [4.69, 9.17) is 4.98 Å². The van der Waals surface area contributed by atoms with Gasteiger partial charge in [0.05, 0.1) is 0 Å². The summed E-state index contributed by atoms with van der Waals surface area (Å²) in [7, 11) is 0. The lowest BCUT2D eigenvalue weighted by molar-refractivity contribution is 0.461. The third-order valence-electron chi connectivity index (χ3n) is 3.63. The SMILES string of the molecule is CCNC1CCCc2nc(CCC(C)C)ncc21. The molecule has 0 bridgehead atoms. The van der Waals surface area contributed by atoms with E-state index in [2.05, 4.69) is 37.3 Å². The number of aromatic nitrogens is 2. The fourth-order valence-corrected chi connectivity index (χ4v) is 2.58. The van der Waals surface area contributed by atoms with E-state index in [-0.39, 0.29) is 0 Å². The molecule has 1 heterocycles. The highest BCUT2D eigenvalue weighted by molar-refractivity contribution is 5.24. The zero-order valence-corrected chi connectivity index (χ0v) is 11.9. The summed E-state index contributed by atoms with van der Waals surface area (Å²) in [5.74, 6) is 1.75. The summed E-state index contributed by atoms with van der Waals surface area (Å²) in [4.78, 5) is 9.31. The second-order valence-corrected chi connectivity index (χ2v) is 5.62. The highest BCUT2D eigenvalue weighted by Crippen LogP contribution is 2.27. The van der Waals surface area contributed by atoms with Crippen LogP contribution >= 0.6 is 0 Å². The van der Waals surface area contributed by atoms with E-state index in [0.29, 0.717) is 6.04 Å². The summed E-state index contributed by atoms with van der Waals surface area (Å²) < 4.78 is 0. The second-order valence-electron chi connectivity index (χ2n) is 5.62. The average molecular weight is 247 g/mol. The Morgan fingerprint density at radius 1 is 1.44 bits per heavy atom. The molecule has 1 aromatic heterocycles. The molecule has 0 radical (unpaired) electrons. The Kier molecular flexibility index (Phi) is 4.70. The number of hydrogen-bond donors (Lipinski definition) is 1. The predicted molar refractivity (Wildman–Crippen MR) is 74.5 cm³/mol. The first-order chi connectivity index (χ1) is 8.70. The van der Waals surface area contributed by atoms with Crippen LogP contribution in [0.2, 0.25) is 0 Å². The van der Waals surface area contributed by atoms with Crippen molar-refractivity contribution in [3.05, 3.63) is 23.3 Å². The first-order valence-corrected chi connectivity index (χ1v) is 7.28. The van der Waals surface area contributed by atoms with Gasteiger partial charge in [-0.15, -0.1) is 0 Å². The molecule has 0 fully saturated rings. The van der Waals surface area contributed by atoms with Gasteiger partial charge in [-0.2, -0.15) is 0 Å². The zero-order chi connectivity index (χ0) is 13.0. The number of nitrogens with zero attached hydrogens (tertiary/aromatic N) is 2. The average Bonchev–Trinajstić information content (AvgIpc) is 2.37. The van der Waals surface area contributed by atoms with Gasteiger partial charge in [-0.25, -0.2) is 9.97 Å². The first kappa shape index (κ1) is 13.5. The summed E-state index contributed by atoms with van der Waals surface area (Å²) in [5, 5.41) is 3.53. The van der Waals surface area contributed by atoms with Crippen LogP contribution in [0.4, 0.5) is 0 Å². The normalized spacial score (nSPS) is 19.0. The second kappa shape index (κ2) is 6.28. The molecule has 100 valence electrons. The van der Waals surface area contributed by atoms with Crippen molar-refractivity contribution in [2.45, 2.75) is 58.9 Å². The number of nitrogens with one attached hydrogen (secondary N) is 1. The van der Waals surface area contributed by atoms with Crippen LogP contribution in [0.1, 0.15) is 63.2 Å². The van der Waals surface area contributed by atoms with Crippen LogP contribution in [0, 0.1) is 5.92 Å². The molecule has 1 aliphatic carbocycles. The minimum atomic E-state index is 0.470. The van der Waals surface area contributed by atoms with Gasteiger partial charge in [-0.3, -0.25) is 0 Å². The lowest BCUT2D eigenvalue weighted by Gasteiger charge is -2.25. The highest BCUT2D eigenvalue weighted by Gasteiger charge is 2.21. The first-order valence-electron chi connectivity index (χ1n) is 7.28. The molecular weight excluding hydrogens is 222 g/mol. The highest BCUT2D eigenvalue weighted by atomic mass is 14.9. The largest absolute Gasteiger partial charge is 0.310 e. The summed E-state index contributed by atoms with van der Waals surface area (Å²) >= 11 is 0. The number of fused-ring (bicyclic) bond motifs is 1. The smallest absolute Gasteiger partial charge is 0.128 e. The molecule has 0 aliphatic heterocycles. The molecule has 1 unspecified atom stereocenters. The third-order valence-corrected chi connectivity index (χ3v) is 3.63. The predicted octanol–water partition coefficient (Wildman–Crippen LogP) is 3.05. The van der Waals surface area contributed by atoms with Gasteiger partial charge in [0, 0.05) is 29.9 Å². The Morgan fingerprint density at radius 3 is 3.00 bits per heavy atom. The van der Waals surface area contributed by atoms with Gasteiger partial charge < -0.3 is 5.32 Å². The number of rotatable bonds is 5. The molecule has 0 amide bonds. The Hall–Kier alpha value is -0.960. The molecule has 1 atom stereocenters. The van der Waals surface area contributed by atoms with Crippen LogP contribution in [-0.4, -0.2) is 16.5 Å².